The minimum atomic E-state index is -0.914. The summed E-state index contributed by atoms with van der Waals surface area (Å²) in [5, 5.41) is 8.85. The fraction of sp³-hybridized carbons (Fsp3) is 0.467. The van der Waals surface area contributed by atoms with E-state index < -0.39 is 11.9 Å². The van der Waals surface area contributed by atoms with E-state index in [0.717, 1.165) is 4.90 Å². The molecule has 0 saturated carbocycles. The summed E-state index contributed by atoms with van der Waals surface area (Å²) in [7, 11) is 1.61. The number of hydrogen-bond acceptors (Lipinski definition) is 3. The van der Waals surface area contributed by atoms with E-state index in [0.29, 0.717) is 5.75 Å². The number of rotatable bonds is 7. The van der Waals surface area contributed by atoms with E-state index in [1.807, 2.05) is 0 Å². The van der Waals surface area contributed by atoms with Gasteiger partial charge in [-0.05, 0) is 24.3 Å². The zero-order chi connectivity index (χ0) is 16.0. The van der Waals surface area contributed by atoms with Gasteiger partial charge in [-0.25, -0.2) is 4.39 Å². The minimum absolute atomic E-state index is 0.0855. The van der Waals surface area contributed by atoms with Gasteiger partial charge in [-0.3, -0.25) is 9.59 Å². The van der Waals surface area contributed by atoms with Crippen LogP contribution in [0.4, 0.5) is 4.39 Å². The number of carbonyl (C=O) groups is 2. The topological polar surface area (TPSA) is 57.6 Å². The summed E-state index contributed by atoms with van der Waals surface area (Å²) in [5.41, 5.74) is 0. The number of carboxylic acid groups (broad SMARTS) is 1. The van der Waals surface area contributed by atoms with Gasteiger partial charge in [0.05, 0.1) is 5.92 Å². The van der Waals surface area contributed by atoms with Crippen LogP contribution in [0.2, 0.25) is 0 Å². The van der Waals surface area contributed by atoms with Crippen LogP contribution in [0.1, 0.15) is 13.8 Å². The molecule has 0 spiro atoms. The van der Waals surface area contributed by atoms with Crippen LogP contribution in [-0.2, 0) is 9.59 Å². The van der Waals surface area contributed by atoms with E-state index in [1.54, 1.807) is 33.0 Å². The van der Waals surface area contributed by atoms with E-state index in [4.69, 9.17) is 5.11 Å². The molecule has 1 N–H and O–H groups in total. The van der Waals surface area contributed by atoms with Crippen LogP contribution in [0, 0.1) is 17.7 Å². The fourth-order valence-corrected chi connectivity index (χ4v) is 2.69. The summed E-state index contributed by atoms with van der Waals surface area (Å²) in [6.45, 7) is 3.57. The fourth-order valence-electron chi connectivity index (χ4n) is 1.78. The van der Waals surface area contributed by atoms with E-state index in [1.165, 1.54) is 28.8 Å². The quantitative estimate of drug-likeness (QED) is 0.786. The molecule has 2 atom stereocenters. The third kappa shape index (κ3) is 5.75. The molecule has 0 aromatic heterocycles. The van der Waals surface area contributed by atoms with E-state index in [9.17, 15) is 14.0 Å². The van der Waals surface area contributed by atoms with Crippen LogP contribution in [0.5, 0.6) is 0 Å². The maximum atomic E-state index is 12.8. The number of benzene rings is 1. The van der Waals surface area contributed by atoms with Gasteiger partial charge in [-0.1, -0.05) is 13.8 Å². The van der Waals surface area contributed by atoms with Gasteiger partial charge >= 0.3 is 5.97 Å². The number of carboxylic acids is 1. The van der Waals surface area contributed by atoms with E-state index in [2.05, 4.69) is 0 Å². The highest BCUT2D eigenvalue weighted by molar-refractivity contribution is 7.99. The average Bonchev–Trinajstić information content (AvgIpc) is 2.45. The van der Waals surface area contributed by atoms with Gasteiger partial charge in [-0.2, -0.15) is 0 Å². The second-order valence-corrected chi connectivity index (χ2v) is 6.22. The van der Waals surface area contributed by atoms with Crippen LogP contribution in [0.15, 0.2) is 29.2 Å². The number of thioether (sulfide) groups is 1. The zero-order valence-electron chi connectivity index (χ0n) is 12.4. The Morgan fingerprint density at radius 2 is 1.81 bits per heavy atom. The van der Waals surface area contributed by atoms with Crippen LogP contribution in [0.25, 0.3) is 0 Å². The molecule has 0 heterocycles. The number of aliphatic carboxylic acids is 1. The predicted molar refractivity (Wildman–Crippen MR) is 80.7 cm³/mol. The number of halogens is 1. The Bertz CT molecular complexity index is 492. The molecule has 21 heavy (non-hydrogen) atoms. The molecule has 116 valence electrons. The zero-order valence-corrected chi connectivity index (χ0v) is 13.2. The Morgan fingerprint density at radius 3 is 2.33 bits per heavy atom. The summed E-state index contributed by atoms with van der Waals surface area (Å²) >= 11 is 1.48. The Balaban J connectivity index is 2.46. The van der Waals surface area contributed by atoms with Crippen LogP contribution in [0.3, 0.4) is 0 Å². The normalized spacial score (nSPS) is 13.5. The summed E-state index contributed by atoms with van der Waals surface area (Å²) in [6.07, 6.45) is 0. The molecule has 4 nitrogen and oxygen atoms in total. The molecule has 2 unspecified atom stereocenters. The van der Waals surface area contributed by atoms with Crippen molar-refractivity contribution in [3.05, 3.63) is 30.1 Å². The van der Waals surface area contributed by atoms with Gasteiger partial charge in [0.2, 0.25) is 5.91 Å². The summed E-state index contributed by atoms with van der Waals surface area (Å²) in [5.74, 6) is -1.54. The van der Waals surface area contributed by atoms with Crippen molar-refractivity contribution < 1.29 is 19.1 Å². The minimum Gasteiger partial charge on any atom is -0.481 e. The second-order valence-electron chi connectivity index (χ2n) is 5.12. The monoisotopic (exact) mass is 313 g/mol. The van der Waals surface area contributed by atoms with Gasteiger partial charge in [-0.15, -0.1) is 11.8 Å². The van der Waals surface area contributed by atoms with Crippen LogP contribution in [-0.4, -0.2) is 41.2 Å². The molecule has 6 heteroatoms. The molecule has 0 aliphatic heterocycles. The van der Waals surface area contributed by atoms with Crippen molar-refractivity contribution in [2.45, 2.75) is 18.7 Å². The van der Waals surface area contributed by atoms with Crippen molar-refractivity contribution in [2.75, 3.05) is 19.3 Å². The Kier molecular flexibility index (Phi) is 6.68. The maximum absolute atomic E-state index is 12.8. The van der Waals surface area contributed by atoms with Crippen molar-refractivity contribution in [1.82, 2.24) is 4.90 Å². The molecule has 1 aromatic carbocycles. The molecule has 0 aliphatic carbocycles. The Labute approximate surface area is 128 Å². The lowest BCUT2D eigenvalue weighted by Gasteiger charge is -2.23. The van der Waals surface area contributed by atoms with Gasteiger partial charge < -0.3 is 10.0 Å². The molecule has 1 rings (SSSR count). The lowest BCUT2D eigenvalue weighted by molar-refractivity contribution is -0.143. The van der Waals surface area contributed by atoms with Crippen LogP contribution < -0.4 is 0 Å². The van der Waals surface area contributed by atoms with Crippen LogP contribution >= 0.6 is 11.8 Å². The first kappa shape index (κ1) is 17.5. The molecule has 0 radical (unpaired) electrons. The van der Waals surface area contributed by atoms with E-state index in [-0.39, 0.29) is 24.2 Å². The van der Waals surface area contributed by atoms with Gasteiger partial charge in [0, 0.05) is 30.2 Å². The first-order valence-electron chi connectivity index (χ1n) is 6.67. The number of hydrogen-bond donors (Lipinski definition) is 1. The summed E-state index contributed by atoms with van der Waals surface area (Å²) in [4.78, 5) is 25.3. The third-order valence-electron chi connectivity index (χ3n) is 3.08. The van der Waals surface area contributed by atoms with Crippen molar-refractivity contribution in [3.63, 3.8) is 0 Å². The highest BCUT2D eigenvalue weighted by Crippen LogP contribution is 2.21. The molecular weight excluding hydrogens is 293 g/mol. The molecule has 1 aromatic rings. The molecule has 0 bridgehead atoms. The molecular formula is C15H20FNO3S. The SMILES string of the molecule is CC(CN(C)C(=O)C(C)CSc1ccc(F)cc1)C(=O)O. The molecule has 1 amide bonds. The lowest BCUT2D eigenvalue weighted by atomic mass is 10.1. The highest BCUT2D eigenvalue weighted by Gasteiger charge is 2.21. The van der Waals surface area contributed by atoms with Crippen molar-refractivity contribution >= 4 is 23.6 Å². The predicted octanol–water partition coefficient (Wildman–Crippen LogP) is 2.73. The first-order valence-corrected chi connectivity index (χ1v) is 7.66. The van der Waals surface area contributed by atoms with Gasteiger partial charge in [0.15, 0.2) is 0 Å². The molecule has 0 saturated heterocycles. The summed E-state index contributed by atoms with van der Waals surface area (Å²) < 4.78 is 12.8. The first-order chi connectivity index (χ1) is 9.81. The number of carbonyl (C=O) groups excluding carboxylic acids is 1. The number of amides is 1. The third-order valence-corrected chi connectivity index (χ3v) is 4.35. The average molecular weight is 313 g/mol. The Morgan fingerprint density at radius 1 is 1.24 bits per heavy atom. The number of nitrogens with zero attached hydrogens (tertiary/aromatic N) is 1. The molecule has 0 aliphatic rings. The van der Waals surface area contributed by atoms with Crippen molar-refractivity contribution in [2.24, 2.45) is 11.8 Å². The standard InChI is InChI=1S/C15H20FNO3S/c1-10(15(19)20)8-17(3)14(18)11(2)9-21-13-6-4-12(16)5-7-13/h4-7,10-11H,8-9H2,1-3H3,(H,19,20). The smallest absolute Gasteiger partial charge is 0.308 e. The maximum Gasteiger partial charge on any atom is 0.308 e. The van der Waals surface area contributed by atoms with Crippen molar-refractivity contribution in [3.8, 4) is 0 Å². The lowest BCUT2D eigenvalue weighted by Crippen LogP contribution is -2.37. The van der Waals surface area contributed by atoms with E-state index >= 15 is 0 Å². The Hall–Kier alpha value is -1.56. The largest absolute Gasteiger partial charge is 0.481 e. The van der Waals surface area contributed by atoms with Gasteiger partial charge in [0.1, 0.15) is 5.82 Å². The second kappa shape index (κ2) is 8.02. The molecule has 0 fully saturated rings. The summed E-state index contributed by atoms with van der Waals surface area (Å²) in [6, 6.07) is 6.12. The highest BCUT2D eigenvalue weighted by atomic mass is 32.2. The van der Waals surface area contributed by atoms with Crippen molar-refractivity contribution in [1.29, 1.82) is 0 Å². The van der Waals surface area contributed by atoms with Gasteiger partial charge in [0.25, 0.3) is 0 Å².